The van der Waals surface area contributed by atoms with Crippen molar-refractivity contribution in [2.45, 2.75) is 0 Å². The molecule has 1 heterocycles. The third kappa shape index (κ3) is 0.717. The fourth-order valence-electron chi connectivity index (χ4n) is 1.41. The number of hydrogen-bond donors (Lipinski definition) is 0. The summed E-state index contributed by atoms with van der Waals surface area (Å²) in [7, 11) is 3.62. The lowest BCUT2D eigenvalue weighted by molar-refractivity contribution is -0.559. The monoisotopic (exact) mass is 162 g/mol. The first-order valence-corrected chi connectivity index (χ1v) is 3.77. The van der Waals surface area contributed by atoms with Gasteiger partial charge in [-0.1, -0.05) is 12.1 Å². The second kappa shape index (κ2) is 2.20. The van der Waals surface area contributed by atoms with Gasteiger partial charge in [0.1, 0.15) is 0 Å². The zero-order valence-corrected chi connectivity index (χ0v) is 7.10. The van der Waals surface area contributed by atoms with Crippen molar-refractivity contribution in [2.75, 3.05) is 24.1 Å². The summed E-state index contributed by atoms with van der Waals surface area (Å²) in [5.41, 5.74) is 11.5. The Kier molecular flexibility index (Phi) is 1.30. The molecule has 0 radical (unpaired) electrons. The average Bonchev–Trinajstić information content (AvgIpc) is 2.33. The smallest absolute Gasteiger partial charge is 0.0581 e. The van der Waals surface area contributed by atoms with Crippen LogP contribution in [0.4, 0.5) is 11.4 Å². The lowest BCUT2D eigenvalue weighted by Gasteiger charge is -2.11. The van der Waals surface area contributed by atoms with Crippen molar-refractivity contribution in [1.29, 1.82) is 0 Å². The predicted molar refractivity (Wildman–Crippen MR) is 46.9 cm³/mol. The van der Waals surface area contributed by atoms with Crippen molar-refractivity contribution >= 4 is 11.4 Å². The van der Waals surface area contributed by atoms with Crippen LogP contribution in [0.15, 0.2) is 24.3 Å². The van der Waals surface area contributed by atoms with Crippen LogP contribution in [0.5, 0.6) is 0 Å². The summed E-state index contributed by atoms with van der Waals surface area (Å²) in [6, 6.07) is 7.81. The van der Waals surface area contributed by atoms with Crippen LogP contribution >= 0.6 is 0 Å². The molecule has 0 aliphatic carbocycles. The third-order valence-electron chi connectivity index (χ3n) is 2.12. The van der Waals surface area contributed by atoms with E-state index in [1.807, 2.05) is 38.4 Å². The summed E-state index contributed by atoms with van der Waals surface area (Å²) >= 11 is 0. The molecule has 4 nitrogen and oxygen atoms in total. The first kappa shape index (κ1) is 7.09. The maximum atomic E-state index is 9.47. The van der Waals surface area contributed by atoms with E-state index >= 15 is 0 Å². The van der Waals surface area contributed by atoms with Crippen LogP contribution < -0.4 is 10.0 Å². The van der Waals surface area contributed by atoms with E-state index < -0.39 is 0 Å². The molecule has 2 rings (SSSR count). The predicted octanol–water partition coefficient (Wildman–Crippen LogP) is 1.44. The normalized spacial score (nSPS) is 15.3. The first-order chi connectivity index (χ1) is 5.72. The van der Waals surface area contributed by atoms with Crippen molar-refractivity contribution in [3.8, 4) is 0 Å². The quantitative estimate of drug-likeness (QED) is 0.540. The molecule has 1 aliphatic heterocycles. The number of benzene rings is 1. The van der Waals surface area contributed by atoms with Gasteiger partial charge in [0.15, 0.2) is 0 Å². The molecule has 4 heteroatoms. The number of hydrogen-bond acceptors (Lipinski definition) is 0. The van der Waals surface area contributed by atoms with E-state index in [9.17, 15) is 5.53 Å². The molecule has 1 aromatic rings. The molecule has 0 unspecified atom stereocenters. The number of hydrazine groups is 2. The van der Waals surface area contributed by atoms with Gasteiger partial charge in [-0.25, -0.2) is 0 Å². The van der Waals surface area contributed by atoms with E-state index in [2.05, 4.69) is 0 Å². The number of fused-ring (bicyclic) bond motifs is 1. The van der Waals surface area contributed by atoms with Crippen molar-refractivity contribution in [3.63, 3.8) is 0 Å². The number of anilines is 2. The molecule has 62 valence electrons. The summed E-state index contributed by atoms with van der Waals surface area (Å²) in [6.07, 6.45) is 0. The lowest BCUT2D eigenvalue weighted by Crippen LogP contribution is -2.33. The average molecular weight is 162 g/mol. The molecule has 0 atom stereocenters. The molecule has 0 fully saturated rings. The van der Waals surface area contributed by atoms with Crippen LogP contribution in [0.3, 0.4) is 0 Å². The van der Waals surface area contributed by atoms with Gasteiger partial charge >= 0.3 is 0 Å². The second-order valence-electron chi connectivity index (χ2n) is 2.80. The standard InChI is InChI=1S/C8H10N4/c1-10-7-5-3-4-6-8(7)11(2)12(10)9/h3-6H,1-2H3. The van der Waals surface area contributed by atoms with Crippen molar-refractivity contribution in [2.24, 2.45) is 0 Å². The Labute approximate surface area is 71.1 Å². The molecule has 12 heavy (non-hydrogen) atoms. The van der Waals surface area contributed by atoms with Crippen LogP contribution in [0, 0.1) is 0 Å². The number of nitrogens with zero attached hydrogens (tertiary/aromatic N) is 4. The van der Waals surface area contributed by atoms with Crippen LogP contribution in [0.25, 0.3) is 5.53 Å². The van der Waals surface area contributed by atoms with E-state index in [0.717, 1.165) is 16.3 Å². The Morgan fingerprint density at radius 2 is 1.50 bits per heavy atom. The lowest BCUT2D eigenvalue weighted by atomic mass is 10.3. The summed E-state index contributed by atoms with van der Waals surface area (Å²) in [5, 5.41) is 3.35. The molecule has 0 spiro atoms. The Morgan fingerprint density at radius 1 is 1.08 bits per heavy atom. The minimum absolute atomic E-state index is 1.00. The molecule has 0 amide bonds. The molecule has 0 N–H and O–H groups in total. The van der Waals surface area contributed by atoms with Crippen LogP contribution in [0.2, 0.25) is 0 Å². The Balaban J connectivity index is 2.59. The molecule has 0 saturated carbocycles. The highest BCUT2D eigenvalue weighted by atomic mass is 15.9. The van der Waals surface area contributed by atoms with Crippen molar-refractivity contribution < 1.29 is 4.92 Å². The third-order valence-corrected chi connectivity index (χ3v) is 2.12. The summed E-state index contributed by atoms with van der Waals surface area (Å²) in [5.74, 6) is 0. The fourth-order valence-corrected chi connectivity index (χ4v) is 1.41. The topological polar surface area (TPSA) is 31.8 Å². The largest absolute Gasteiger partial charge is 0.192 e. The number of para-hydroxylation sites is 2. The molecular formula is C8H10N4. The van der Waals surface area contributed by atoms with Crippen molar-refractivity contribution in [1.82, 2.24) is 0 Å². The molecule has 1 aliphatic rings. The molecule has 0 aromatic heterocycles. The molecular weight excluding hydrogens is 152 g/mol. The zero-order valence-electron chi connectivity index (χ0n) is 7.10. The summed E-state index contributed by atoms with van der Waals surface area (Å²) in [6.45, 7) is 0. The maximum absolute atomic E-state index is 9.47. The molecule has 0 saturated heterocycles. The van der Waals surface area contributed by atoms with Crippen LogP contribution in [-0.4, -0.2) is 19.0 Å². The Bertz CT molecular complexity index is 303. The van der Waals surface area contributed by atoms with Crippen LogP contribution in [-0.2, 0) is 0 Å². The van der Waals surface area contributed by atoms with E-state index in [4.69, 9.17) is 0 Å². The van der Waals surface area contributed by atoms with E-state index in [1.54, 1.807) is 10.0 Å². The zero-order chi connectivity index (χ0) is 8.72. The second-order valence-corrected chi connectivity index (χ2v) is 2.80. The fraction of sp³-hybridized carbons (Fsp3) is 0.250. The van der Waals surface area contributed by atoms with Gasteiger partial charge in [0.2, 0.25) is 0 Å². The van der Waals surface area contributed by atoms with Crippen LogP contribution in [0.1, 0.15) is 0 Å². The SMILES string of the molecule is CN1c2ccccc2N(C)[N+]1=[N-]. The van der Waals surface area contributed by atoms with Gasteiger partial charge in [0.05, 0.1) is 11.4 Å². The minimum atomic E-state index is 1.00. The van der Waals surface area contributed by atoms with Gasteiger partial charge in [0, 0.05) is 14.1 Å². The van der Waals surface area contributed by atoms with Gasteiger partial charge in [-0.2, -0.15) is 10.0 Å². The summed E-state index contributed by atoms with van der Waals surface area (Å²) < 4.78 is 0. The highest BCUT2D eigenvalue weighted by Crippen LogP contribution is 2.33. The van der Waals surface area contributed by atoms with E-state index in [0.29, 0.717) is 0 Å². The Hall–Kier alpha value is -1.58. The number of rotatable bonds is 0. The van der Waals surface area contributed by atoms with E-state index in [1.165, 1.54) is 0 Å². The molecule has 0 bridgehead atoms. The van der Waals surface area contributed by atoms with Gasteiger partial charge in [-0.05, 0) is 22.6 Å². The highest BCUT2D eigenvalue weighted by Gasteiger charge is 2.25. The van der Waals surface area contributed by atoms with Gasteiger partial charge < -0.3 is 0 Å². The van der Waals surface area contributed by atoms with Gasteiger partial charge in [-0.3, -0.25) is 0 Å². The maximum Gasteiger partial charge on any atom is 0.0581 e. The molecule has 1 aromatic carbocycles. The highest BCUT2D eigenvalue weighted by molar-refractivity contribution is 5.70. The van der Waals surface area contributed by atoms with Gasteiger partial charge in [0.25, 0.3) is 0 Å². The van der Waals surface area contributed by atoms with E-state index in [-0.39, 0.29) is 0 Å². The van der Waals surface area contributed by atoms with Gasteiger partial charge in [-0.15, -0.1) is 0 Å². The first-order valence-electron chi connectivity index (χ1n) is 3.77. The van der Waals surface area contributed by atoms with Crippen molar-refractivity contribution in [3.05, 3.63) is 29.8 Å². The Morgan fingerprint density at radius 3 is 1.92 bits per heavy atom. The minimum Gasteiger partial charge on any atom is -0.192 e. The summed E-state index contributed by atoms with van der Waals surface area (Å²) in [4.78, 5) is 1.07.